The highest BCUT2D eigenvalue weighted by Crippen LogP contribution is 2.49. The number of amides is 1. The normalized spacial score (nSPS) is 18.1. The summed E-state index contributed by atoms with van der Waals surface area (Å²) in [4.78, 5) is 13.1. The number of rotatable bonds is 22. The minimum Gasteiger partial charge on any atom is -0.493 e. The van der Waals surface area contributed by atoms with E-state index < -0.39 is 0 Å². The maximum absolute atomic E-state index is 13.1. The number of ether oxygens (including phenoxy) is 3. The summed E-state index contributed by atoms with van der Waals surface area (Å²) >= 11 is 1.75. The van der Waals surface area contributed by atoms with Gasteiger partial charge in [0.25, 0.3) is 0 Å². The quantitative estimate of drug-likeness (QED) is 0.134. The SMILES string of the molecule is CCCCCCCCCCCCCCCCCCNC(=O)[C@H]1NC(c2cc(OC)c(OC)c(OC)c2)SC1(C)C. The summed E-state index contributed by atoms with van der Waals surface area (Å²) in [6.45, 7) is 7.28. The predicted octanol–water partition coefficient (Wildman–Crippen LogP) is 8.57. The fourth-order valence-electron chi connectivity index (χ4n) is 5.55. The third kappa shape index (κ3) is 11.7. The number of benzene rings is 1. The molecule has 40 heavy (non-hydrogen) atoms. The van der Waals surface area contributed by atoms with Crippen molar-refractivity contribution in [3.8, 4) is 17.2 Å². The second kappa shape index (κ2) is 19.5. The Morgan fingerprint density at radius 3 is 1.65 bits per heavy atom. The second-order valence-electron chi connectivity index (χ2n) is 11.8. The third-order valence-electron chi connectivity index (χ3n) is 8.02. The van der Waals surface area contributed by atoms with Crippen molar-refractivity contribution >= 4 is 17.7 Å². The van der Waals surface area contributed by atoms with E-state index in [0.29, 0.717) is 17.2 Å². The Morgan fingerprint density at radius 1 is 0.775 bits per heavy atom. The van der Waals surface area contributed by atoms with E-state index in [1.165, 1.54) is 96.3 Å². The highest BCUT2D eigenvalue weighted by molar-refractivity contribution is 8.01. The Labute approximate surface area is 249 Å². The van der Waals surface area contributed by atoms with E-state index in [-0.39, 0.29) is 22.1 Å². The highest BCUT2D eigenvalue weighted by atomic mass is 32.2. The molecule has 1 saturated heterocycles. The van der Waals surface area contributed by atoms with Gasteiger partial charge in [0.2, 0.25) is 11.7 Å². The number of nitrogens with one attached hydrogen (secondary N) is 2. The van der Waals surface area contributed by atoms with Crippen molar-refractivity contribution in [3.05, 3.63) is 17.7 Å². The van der Waals surface area contributed by atoms with Gasteiger partial charge in [-0.25, -0.2) is 0 Å². The summed E-state index contributed by atoms with van der Waals surface area (Å²) in [6.07, 6.45) is 21.7. The number of carbonyl (C=O) groups excluding carboxylic acids is 1. The zero-order valence-electron chi connectivity index (χ0n) is 26.4. The van der Waals surface area contributed by atoms with Crippen molar-refractivity contribution in [1.29, 1.82) is 0 Å². The molecule has 6 nitrogen and oxygen atoms in total. The van der Waals surface area contributed by atoms with Gasteiger partial charge in [-0.1, -0.05) is 103 Å². The van der Waals surface area contributed by atoms with Crippen LogP contribution in [0.2, 0.25) is 0 Å². The molecule has 0 spiro atoms. The molecule has 1 aromatic rings. The van der Waals surface area contributed by atoms with Gasteiger partial charge in [0.05, 0.1) is 26.7 Å². The smallest absolute Gasteiger partial charge is 0.238 e. The molecule has 2 rings (SSSR count). The predicted molar refractivity (Wildman–Crippen MR) is 170 cm³/mol. The first-order chi connectivity index (χ1) is 19.4. The number of unbranched alkanes of at least 4 members (excludes halogenated alkanes) is 15. The van der Waals surface area contributed by atoms with Crippen LogP contribution >= 0.6 is 11.8 Å². The van der Waals surface area contributed by atoms with Gasteiger partial charge in [-0.05, 0) is 38.0 Å². The number of carbonyl (C=O) groups is 1. The Hall–Kier alpha value is -1.60. The van der Waals surface area contributed by atoms with Crippen LogP contribution < -0.4 is 24.8 Å². The molecule has 0 aromatic heterocycles. The van der Waals surface area contributed by atoms with Gasteiger partial charge in [0.15, 0.2) is 11.5 Å². The minimum absolute atomic E-state index is 0.0463. The first kappa shape index (κ1) is 34.6. The van der Waals surface area contributed by atoms with Gasteiger partial charge < -0.3 is 19.5 Å². The topological polar surface area (TPSA) is 68.8 Å². The van der Waals surface area contributed by atoms with Crippen LogP contribution in [0.15, 0.2) is 12.1 Å². The zero-order valence-corrected chi connectivity index (χ0v) is 27.2. The van der Waals surface area contributed by atoms with E-state index in [0.717, 1.165) is 18.5 Å². The summed E-state index contributed by atoms with van der Waals surface area (Å²) in [5.41, 5.74) is 1.00. The second-order valence-corrected chi connectivity index (χ2v) is 13.5. The highest BCUT2D eigenvalue weighted by Gasteiger charge is 2.45. The molecule has 7 heteroatoms. The number of hydrogen-bond donors (Lipinski definition) is 2. The summed E-state index contributed by atoms with van der Waals surface area (Å²) < 4.78 is 16.3. The van der Waals surface area contributed by atoms with E-state index in [9.17, 15) is 4.79 Å². The van der Waals surface area contributed by atoms with E-state index in [2.05, 4.69) is 31.4 Å². The molecule has 2 N–H and O–H groups in total. The van der Waals surface area contributed by atoms with Crippen molar-refractivity contribution in [2.24, 2.45) is 0 Å². The molecule has 0 saturated carbocycles. The van der Waals surface area contributed by atoms with E-state index in [1.54, 1.807) is 33.1 Å². The Bertz CT molecular complexity index is 823. The van der Waals surface area contributed by atoms with Gasteiger partial charge in [-0.3, -0.25) is 10.1 Å². The molecular weight excluding hydrogens is 520 g/mol. The lowest BCUT2D eigenvalue weighted by atomic mass is 10.0. The number of thioether (sulfide) groups is 1. The molecule has 0 bridgehead atoms. The fourth-order valence-corrected chi connectivity index (χ4v) is 6.95. The van der Waals surface area contributed by atoms with Crippen LogP contribution in [0.1, 0.15) is 134 Å². The molecule has 0 radical (unpaired) electrons. The largest absolute Gasteiger partial charge is 0.493 e. The molecular formula is C33H58N2O4S. The molecule has 230 valence electrons. The fraction of sp³-hybridized carbons (Fsp3) is 0.788. The van der Waals surface area contributed by atoms with Crippen molar-refractivity contribution in [2.45, 2.75) is 140 Å². The van der Waals surface area contributed by atoms with Crippen molar-refractivity contribution < 1.29 is 19.0 Å². The number of methoxy groups -OCH3 is 3. The van der Waals surface area contributed by atoms with Gasteiger partial charge in [0, 0.05) is 11.3 Å². The van der Waals surface area contributed by atoms with Gasteiger partial charge in [-0.15, -0.1) is 11.8 Å². The molecule has 1 fully saturated rings. The average molecular weight is 579 g/mol. The first-order valence-corrected chi connectivity index (χ1v) is 16.8. The lowest BCUT2D eigenvalue weighted by Gasteiger charge is -2.24. The van der Waals surface area contributed by atoms with Crippen LogP contribution in [-0.4, -0.2) is 44.6 Å². The molecule has 1 aliphatic rings. The van der Waals surface area contributed by atoms with Gasteiger partial charge >= 0.3 is 0 Å². The lowest BCUT2D eigenvalue weighted by molar-refractivity contribution is -0.123. The standard InChI is InChI=1S/C33H58N2O4S/c1-7-8-9-10-11-12-13-14-15-16-17-18-19-20-21-22-23-34-31(36)30-33(2,3)40-32(35-30)26-24-27(37-4)29(39-6)28(25-26)38-5/h24-25,30,32,35H,7-23H2,1-6H3,(H,34,36)/t30-,32?/m1/s1. The van der Waals surface area contributed by atoms with Crippen LogP contribution in [0.4, 0.5) is 0 Å². The first-order valence-electron chi connectivity index (χ1n) is 15.9. The summed E-state index contributed by atoms with van der Waals surface area (Å²) in [7, 11) is 4.84. The number of hydrogen-bond acceptors (Lipinski definition) is 6. The molecule has 1 amide bonds. The summed E-state index contributed by atoms with van der Waals surface area (Å²) in [5, 5.41) is 6.68. The van der Waals surface area contributed by atoms with E-state index in [1.807, 2.05) is 12.1 Å². The van der Waals surface area contributed by atoms with Gasteiger partial charge in [-0.2, -0.15) is 0 Å². The molecule has 1 aliphatic heterocycles. The van der Waals surface area contributed by atoms with Crippen LogP contribution in [0.3, 0.4) is 0 Å². The van der Waals surface area contributed by atoms with Crippen molar-refractivity contribution in [3.63, 3.8) is 0 Å². The van der Waals surface area contributed by atoms with E-state index in [4.69, 9.17) is 14.2 Å². The van der Waals surface area contributed by atoms with Crippen LogP contribution in [0.25, 0.3) is 0 Å². The van der Waals surface area contributed by atoms with Crippen LogP contribution in [-0.2, 0) is 4.79 Å². The van der Waals surface area contributed by atoms with Gasteiger partial charge in [0.1, 0.15) is 6.04 Å². The van der Waals surface area contributed by atoms with Crippen LogP contribution in [0, 0.1) is 0 Å². The summed E-state index contributed by atoms with van der Waals surface area (Å²) in [5.74, 6) is 1.89. The Morgan fingerprint density at radius 2 is 1.23 bits per heavy atom. The molecule has 0 aliphatic carbocycles. The minimum atomic E-state index is -0.275. The maximum atomic E-state index is 13.1. The van der Waals surface area contributed by atoms with Crippen molar-refractivity contribution in [2.75, 3.05) is 27.9 Å². The lowest BCUT2D eigenvalue weighted by Crippen LogP contribution is -2.50. The molecule has 1 unspecified atom stereocenters. The zero-order chi connectivity index (χ0) is 29.2. The third-order valence-corrected chi connectivity index (χ3v) is 9.50. The maximum Gasteiger partial charge on any atom is 0.238 e. The Kier molecular flexibility index (Phi) is 16.9. The van der Waals surface area contributed by atoms with Crippen molar-refractivity contribution in [1.82, 2.24) is 10.6 Å². The molecule has 2 atom stereocenters. The Balaban J connectivity index is 1.58. The summed E-state index contributed by atoms with van der Waals surface area (Å²) in [6, 6.07) is 3.64. The molecule has 1 aromatic carbocycles. The van der Waals surface area contributed by atoms with E-state index >= 15 is 0 Å². The molecule has 1 heterocycles. The van der Waals surface area contributed by atoms with Crippen LogP contribution in [0.5, 0.6) is 17.2 Å². The average Bonchev–Trinajstić information content (AvgIpc) is 3.28. The monoisotopic (exact) mass is 578 g/mol.